The predicted octanol–water partition coefficient (Wildman–Crippen LogP) is 2.14. The fourth-order valence-corrected chi connectivity index (χ4v) is 2.40. The minimum absolute atomic E-state index is 0.523. The largest absolute Gasteiger partial charge is 0.387 e. The van der Waals surface area contributed by atoms with Gasteiger partial charge < -0.3 is 5.11 Å². The number of aromatic nitrogens is 3. The molecule has 6 heteroatoms. The van der Waals surface area contributed by atoms with Crippen LogP contribution < -0.4 is 0 Å². The van der Waals surface area contributed by atoms with Gasteiger partial charge in [0.2, 0.25) is 0 Å². The lowest BCUT2D eigenvalue weighted by atomic mass is 10.2. The van der Waals surface area contributed by atoms with Crippen LogP contribution in [0.3, 0.4) is 0 Å². The minimum atomic E-state index is -0.523. The highest BCUT2D eigenvalue weighted by molar-refractivity contribution is 8.01. The van der Waals surface area contributed by atoms with Crippen molar-refractivity contribution in [3.05, 3.63) is 30.4 Å². The van der Waals surface area contributed by atoms with Crippen LogP contribution >= 0.6 is 23.3 Å². The highest BCUT2D eigenvalue weighted by atomic mass is 32.2. The Balaban J connectivity index is 2.11. The fraction of sp³-hybridized carbons (Fsp3) is 0.222. The van der Waals surface area contributed by atoms with Crippen LogP contribution in [0.4, 0.5) is 0 Å². The summed E-state index contributed by atoms with van der Waals surface area (Å²) in [4.78, 5) is 9.20. The van der Waals surface area contributed by atoms with Crippen LogP contribution in [-0.2, 0) is 0 Å². The molecule has 2 heterocycles. The zero-order chi connectivity index (χ0) is 10.7. The van der Waals surface area contributed by atoms with Crippen LogP contribution in [0.5, 0.6) is 0 Å². The van der Waals surface area contributed by atoms with E-state index >= 15 is 0 Å². The maximum atomic E-state index is 9.28. The average molecular weight is 239 g/mol. The Kier molecular flexibility index (Phi) is 3.30. The summed E-state index contributed by atoms with van der Waals surface area (Å²) in [6.45, 7) is 1.69. The molecule has 4 nitrogen and oxygen atoms in total. The Labute approximate surface area is 95.6 Å². The van der Waals surface area contributed by atoms with Crippen molar-refractivity contribution in [2.24, 2.45) is 0 Å². The number of aliphatic hydroxyl groups excluding tert-OH is 1. The molecule has 1 atom stereocenters. The molecule has 0 aliphatic carbocycles. The standard InChI is InChI=1S/C9H9N3OS2/c1-6(13)8-3-2-7(4-10-8)14-9-11-5-12-15-9/h2-6,13H,1H3/t6-/m0/s1. The van der Waals surface area contributed by atoms with E-state index in [1.807, 2.05) is 12.1 Å². The molecule has 0 spiro atoms. The number of rotatable bonds is 3. The van der Waals surface area contributed by atoms with Gasteiger partial charge in [-0.1, -0.05) is 11.8 Å². The zero-order valence-electron chi connectivity index (χ0n) is 7.99. The van der Waals surface area contributed by atoms with E-state index in [0.717, 1.165) is 9.24 Å². The van der Waals surface area contributed by atoms with Crippen molar-refractivity contribution in [2.45, 2.75) is 22.3 Å². The fourth-order valence-electron chi connectivity index (χ4n) is 1.01. The van der Waals surface area contributed by atoms with Gasteiger partial charge >= 0.3 is 0 Å². The first-order chi connectivity index (χ1) is 7.25. The van der Waals surface area contributed by atoms with Gasteiger partial charge in [0.15, 0.2) is 4.34 Å². The van der Waals surface area contributed by atoms with Crippen molar-refractivity contribution in [1.29, 1.82) is 0 Å². The molecule has 2 aromatic rings. The van der Waals surface area contributed by atoms with Gasteiger partial charge in [0.1, 0.15) is 6.33 Å². The second kappa shape index (κ2) is 4.69. The maximum absolute atomic E-state index is 9.28. The monoisotopic (exact) mass is 239 g/mol. The summed E-state index contributed by atoms with van der Waals surface area (Å²) in [5, 5.41) is 9.28. The van der Waals surface area contributed by atoms with Gasteiger partial charge in [0.25, 0.3) is 0 Å². The number of hydrogen-bond acceptors (Lipinski definition) is 6. The molecule has 0 bridgehead atoms. The van der Waals surface area contributed by atoms with E-state index in [1.54, 1.807) is 13.1 Å². The molecule has 0 radical (unpaired) electrons. The van der Waals surface area contributed by atoms with Gasteiger partial charge in [-0.15, -0.1) is 0 Å². The summed E-state index contributed by atoms with van der Waals surface area (Å²) in [7, 11) is 0. The van der Waals surface area contributed by atoms with Crippen molar-refractivity contribution < 1.29 is 5.11 Å². The normalized spacial score (nSPS) is 12.7. The Morgan fingerprint density at radius 3 is 2.80 bits per heavy atom. The predicted molar refractivity (Wildman–Crippen MR) is 58.9 cm³/mol. The second-order valence-electron chi connectivity index (χ2n) is 2.90. The molecule has 0 aromatic carbocycles. The van der Waals surface area contributed by atoms with E-state index in [0.29, 0.717) is 5.69 Å². The van der Waals surface area contributed by atoms with Crippen LogP contribution in [0.1, 0.15) is 18.7 Å². The average Bonchev–Trinajstić information content (AvgIpc) is 2.71. The second-order valence-corrected chi connectivity index (χ2v) is 5.00. The maximum Gasteiger partial charge on any atom is 0.174 e. The Morgan fingerprint density at radius 2 is 2.27 bits per heavy atom. The Hall–Kier alpha value is -0.980. The van der Waals surface area contributed by atoms with Gasteiger partial charge in [0.05, 0.1) is 11.8 Å². The summed E-state index contributed by atoms with van der Waals surface area (Å²) < 4.78 is 4.80. The topological polar surface area (TPSA) is 58.9 Å². The summed E-state index contributed by atoms with van der Waals surface area (Å²) in [6.07, 6.45) is 2.74. The lowest BCUT2D eigenvalue weighted by Crippen LogP contribution is -1.94. The summed E-state index contributed by atoms with van der Waals surface area (Å²) in [5.74, 6) is 0. The Bertz CT molecular complexity index is 413. The van der Waals surface area contributed by atoms with Crippen molar-refractivity contribution in [1.82, 2.24) is 14.3 Å². The number of aliphatic hydroxyl groups is 1. The van der Waals surface area contributed by atoms with E-state index in [1.165, 1.54) is 29.6 Å². The van der Waals surface area contributed by atoms with Gasteiger partial charge in [0, 0.05) is 11.1 Å². The smallest absolute Gasteiger partial charge is 0.174 e. The van der Waals surface area contributed by atoms with E-state index in [-0.39, 0.29) is 0 Å². The quantitative estimate of drug-likeness (QED) is 0.889. The first-order valence-electron chi connectivity index (χ1n) is 4.34. The molecule has 1 N–H and O–H groups in total. The number of hydrogen-bond donors (Lipinski definition) is 1. The Morgan fingerprint density at radius 1 is 1.40 bits per heavy atom. The molecule has 2 aromatic heterocycles. The molecular formula is C9H9N3OS2. The molecule has 0 fully saturated rings. The number of nitrogens with zero attached hydrogens (tertiary/aromatic N) is 3. The van der Waals surface area contributed by atoms with Crippen LogP contribution in [0.15, 0.2) is 33.9 Å². The van der Waals surface area contributed by atoms with E-state index < -0.39 is 6.10 Å². The van der Waals surface area contributed by atoms with E-state index in [2.05, 4.69) is 14.3 Å². The highest BCUT2D eigenvalue weighted by Crippen LogP contribution is 2.27. The van der Waals surface area contributed by atoms with Crippen LogP contribution in [0, 0.1) is 0 Å². The molecular weight excluding hydrogens is 230 g/mol. The van der Waals surface area contributed by atoms with Crippen molar-refractivity contribution in [3.63, 3.8) is 0 Å². The molecule has 78 valence electrons. The molecule has 0 unspecified atom stereocenters. The molecule has 0 saturated carbocycles. The zero-order valence-corrected chi connectivity index (χ0v) is 9.63. The molecule has 15 heavy (non-hydrogen) atoms. The van der Waals surface area contributed by atoms with Crippen LogP contribution in [0.25, 0.3) is 0 Å². The minimum Gasteiger partial charge on any atom is -0.387 e. The van der Waals surface area contributed by atoms with E-state index in [4.69, 9.17) is 0 Å². The first kappa shape index (κ1) is 10.5. The van der Waals surface area contributed by atoms with Gasteiger partial charge in [-0.25, -0.2) is 4.98 Å². The summed E-state index contributed by atoms with van der Waals surface area (Å²) in [5.41, 5.74) is 0.677. The van der Waals surface area contributed by atoms with Gasteiger partial charge in [-0.3, -0.25) is 4.98 Å². The third kappa shape index (κ3) is 2.74. The van der Waals surface area contributed by atoms with Crippen LogP contribution in [-0.4, -0.2) is 19.4 Å². The van der Waals surface area contributed by atoms with Crippen molar-refractivity contribution in [2.75, 3.05) is 0 Å². The lowest BCUT2D eigenvalue weighted by Gasteiger charge is -2.03. The summed E-state index contributed by atoms with van der Waals surface area (Å²) >= 11 is 2.87. The van der Waals surface area contributed by atoms with Gasteiger partial charge in [-0.05, 0) is 30.6 Å². The van der Waals surface area contributed by atoms with E-state index in [9.17, 15) is 5.11 Å². The lowest BCUT2D eigenvalue weighted by molar-refractivity contribution is 0.194. The first-order valence-corrected chi connectivity index (χ1v) is 5.93. The van der Waals surface area contributed by atoms with Crippen molar-refractivity contribution in [3.8, 4) is 0 Å². The molecule has 0 aliphatic rings. The van der Waals surface area contributed by atoms with Crippen LogP contribution in [0.2, 0.25) is 0 Å². The van der Waals surface area contributed by atoms with Crippen molar-refractivity contribution >= 4 is 23.3 Å². The molecule has 0 saturated heterocycles. The summed E-state index contributed by atoms with van der Waals surface area (Å²) in [6, 6.07) is 3.73. The third-order valence-corrected chi connectivity index (χ3v) is 3.43. The number of pyridine rings is 1. The van der Waals surface area contributed by atoms with Gasteiger partial charge in [-0.2, -0.15) is 4.37 Å². The highest BCUT2D eigenvalue weighted by Gasteiger charge is 2.04. The molecule has 0 aliphatic heterocycles. The molecule has 0 amide bonds. The molecule has 2 rings (SSSR count). The third-order valence-electron chi connectivity index (χ3n) is 1.73. The SMILES string of the molecule is C[C@H](O)c1ccc(Sc2ncns2)cn1.